The molecule has 0 fully saturated rings. The molecular weight excluding hydrogens is 324 g/mol. The van der Waals surface area contributed by atoms with Crippen molar-refractivity contribution in [1.82, 2.24) is 0 Å². The number of amides is 2. The summed E-state index contributed by atoms with van der Waals surface area (Å²) in [5.41, 5.74) is 5.57. The number of anilines is 1. The first-order valence-corrected chi connectivity index (χ1v) is 8.56. The molecule has 116 valence electrons. The van der Waals surface area contributed by atoms with Crippen LogP contribution in [0.4, 0.5) is 5.00 Å². The maximum absolute atomic E-state index is 12.7. The Morgan fingerprint density at radius 2 is 1.77 bits per heavy atom. The molecule has 6 nitrogen and oxygen atoms in total. The highest BCUT2D eigenvalue weighted by Gasteiger charge is 2.28. The van der Waals surface area contributed by atoms with Crippen molar-refractivity contribution in [3.63, 3.8) is 0 Å². The molecule has 0 spiro atoms. The van der Waals surface area contributed by atoms with E-state index in [2.05, 4.69) is 5.32 Å². The molecule has 22 heavy (non-hydrogen) atoms. The smallest absolute Gasteiger partial charge is 0.252 e. The van der Waals surface area contributed by atoms with Gasteiger partial charge in [-0.05, 0) is 24.6 Å². The Kier molecular flexibility index (Phi) is 4.34. The molecule has 2 rings (SSSR count). The number of carbonyl (C=O) groups excluding carboxylic acids is 2. The molecule has 0 saturated heterocycles. The van der Waals surface area contributed by atoms with Gasteiger partial charge in [0.05, 0.1) is 10.5 Å². The van der Waals surface area contributed by atoms with Crippen LogP contribution in [0.15, 0.2) is 39.4 Å². The van der Waals surface area contributed by atoms with Crippen LogP contribution in [-0.4, -0.2) is 20.2 Å². The van der Waals surface area contributed by atoms with E-state index in [0.717, 1.165) is 11.3 Å². The van der Waals surface area contributed by atoms with Gasteiger partial charge < -0.3 is 11.1 Å². The van der Waals surface area contributed by atoms with Gasteiger partial charge in [0.1, 0.15) is 9.21 Å². The molecule has 8 heteroatoms. The molecule has 0 aliphatic rings. The number of carbonyl (C=O) groups is 2. The fourth-order valence-electron chi connectivity index (χ4n) is 2.00. The van der Waals surface area contributed by atoms with Crippen LogP contribution >= 0.6 is 11.3 Å². The molecule has 0 unspecified atom stereocenters. The lowest BCUT2D eigenvalue weighted by molar-refractivity contribution is -0.114. The molecule has 0 atom stereocenters. The number of hydrogen-bond acceptors (Lipinski definition) is 5. The molecule has 0 radical (unpaired) electrons. The van der Waals surface area contributed by atoms with Crippen molar-refractivity contribution < 1.29 is 18.0 Å². The van der Waals surface area contributed by atoms with Gasteiger partial charge in [-0.25, -0.2) is 8.42 Å². The first kappa shape index (κ1) is 16.2. The zero-order valence-electron chi connectivity index (χ0n) is 11.9. The van der Waals surface area contributed by atoms with Crippen LogP contribution in [0.25, 0.3) is 0 Å². The molecule has 1 heterocycles. The van der Waals surface area contributed by atoms with Gasteiger partial charge in [0.25, 0.3) is 5.91 Å². The Balaban J connectivity index is 2.67. The Morgan fingerprint density at radius 3 is 2.27 bits per heavy atom. The van der Waals surface area contributed by atoms with Crippen molar-refractivity contribution in [3.05, 3.63) is 41.5 Å². The summed E-state index contributed by atoms with van der Waals surface area (Å²) in [7, 11) is -3.78. The molecule has 0 aliphatic carbocycles. The van der Waals surface area contributed by atoms with E-state index >= 15 is 0 Å². The minimum atomic E-state index is -3.78. The monoisotopic (exact) mass is 338 g/mol. The van der Waals surface area contributed by atoms with E-state index in [1.165, 1.54) is 26.0 Å². The molecule has 2 aromatic rings. The summed E-state index contributed by atoms with van der Waals surface area (Å²) in [6.07, 6.45) is 0. The van der Waals surface area contributed by atoms with Crippen LogP contribution in [0, 0.1) is 6.92 Å². The molecule has 2 amide bonds. The van der Waals surface area contributed by atoms with E-state index in [4.69, 9.17) is 5.73 Å². The highest BCUT2D eigenvalue weighted by molar-refractivity contribution is 7.93. The van der Waals surface area contributed by atoms with Crippen molar-refractivity contribution >= 4 is 38.0 Å². The van der Waals surface area contributed by atoms with E-state index in [1.54, 1.807) is 18.2 Å². The third-order valence-electron chi connectivity index (χ3n) is 2.94. The minimum Gasteiger partial charge on any atom is -0.365 e. The van der Waals surface area contributed by atoms with Gasteiger partial charge in [0, 0.05) is 6.92 Å². The second-order valence-electron chi connectivity index (χ2n) is 4.58. The minimum absolute atomic E-state index is 0.00347. The average molecular weight is 338 g/mol. The van der Waals surface area contributed by atoms with Gasteiger partial charge in [-0.3, -0.25) is 9.59 Å². The summed E-state index contributed by atoms with van der Waals surface area (Å²) in [4.78, 5) is 22.9. The van der Waals surface area contributed by atoms with Crippen LogP contribution in [0.3, 0.4) is 0 Å². The molecule has 1 aromatic heterocycles. The third-order valence-corrected chi connectivity index (χ3v) is 6.53. The Labute approximate surface area is 131 Å². The van der Waals surface area contributed by atoms with Gasteiger partial charge in [-0.15, -0.1) is 11.3 Å². The van der Waals surface area contributed by atoms with Gasteiger partial charge in [0.2, 0.25) is 15.7 Å². The van der Waals surface area contributed by atoms with Crippen molar-refractivity contribution in [2.24, 2.45) is 5.73 Å². The fourth-order valence-corrected chi connectivity index (χ4v) is 5.20. The van der Waals surface area contributed by atoms with Crippen LogP contribution in [0.2, 0.25) is 0 Å². The van der Waals surface area contributed by atoms with E-state index < -0.39 is 21.7 Å². The second-order valence-corrected chi connectivity index (χ2v) is 7.75. The van der Waals surface area contributed by atoms with Gasteiger partial charge in [-0.2, -0.15) is 0 Å². The number of rotatable bonds is 4. The second kappa shape index (κ2) is 5.90. The predicted molar refractivity (Wildman–Crippen MR) is 83.8 cm³/mol. The number of benzene rings is 1. The lowest BCUT2D eigenvalue weighted by Gasteiger charge is -2.03. The number of sulfone groups is 1. The SMILES string of the molecule is CC(=O)Nc1sc(S(=O)(=O)c2ccccc2)c(C)c1C(N)=O. The quantitative estimate of drug-likeness (QED) is 0.888. The number of thiophene rings is 1. The topological polar surface area (TPSA) is 106 Å². The maximum Gasteiger partial charge on any atom is 0.252 e. The first-order valence-electron chi connectivity index (χ1n) is 6.26. The van der Waals surface area contributed by atoms with E-state index in [1.807, 2.05) is 0 Å². The summed E-state index contributed by atoms with van der Waals surface area (Å²) in [5.74, 6) is -1.19. The maximum atomic E-state index is 12.7. The summed E-state index contributed by atoms with van der Waals surface area (Å²) in [5, 5.41) is 2.60. The molecular formula is C14H14N2O4S2. The number of hydrogen-bond donors (Lipinski definition) is 2. The van der Waals surface area contributed by atoms with Crippen LogP contribution in [0.5, 0.6) is 0 Å². The van der Waals surface area contributed by atoms with Crippen LogP contribution < -0.4 is 11.1 Å². The third kappa shape index (κ3) is 2.88. The fraction of sp³-hybridized carbons (Fsp3) is 0.143. The lowest BCUT2D eigenvalue weighted by atomic mass is 10.2. The molecule has 3 N–H and O–H groups in total. The summed E-state index contributed by atoms with van der Waals surface area (Å²) in [6.45, 7) is 2.77. The normalized spacial score (nSPS) is 11.2. The summed E-state index contributed by atoms with van der Waals surface area (Å²) in [6, 6.07) is 7.87. The molecule has 0 bridgehead atoms. The highest BCUT2D eigenvalue weighted by Crippen LogP contribution is 2.38. The van der Waals surface area contributed by atoms with Crippen LogP contribution in [-0.2, 0) is 14.6 Å². The Hall–Kier alpha value is -2.19. The Bertz CT molecular complexity index is 839. The highest BCUT2D eigenvalue weighted by atomic mass is 32.2. The lowest BCUT2D eigenvalue weighted by Crippen LogP contribution is -2.15. The first-order chi connectivity index (χ1) is 10.2. The Morgan fingerprint density at radius 1 is 1.18 bits per heavy atom. The standard InChI is InChI=1S/C14H14N2O4S2/c1-8-11(12(15)18)13(16-9(2)17)21-14(8)22(19,20)10-6-4-3-5-7-10/h3-7H,1-2H3,(H2,15,18)(H,16,17). The predicted octanol–water partition coefficient (Wildman–Crippen LogP) is 1.95. The number of nitrogens with two attached hydrogens (primary N) is 1. The number of primary amides is 1. The van der Waals surface area contributed by atoms with Crippen molar-refractivity contribution in [2.45, 2.75) is 23.0 Å². The van der Waals surface area contributed by atoms with E-state index in [0.29, 0.717) is 0 Å². The van der Waals surface area contributed by atoms with E-state index in [-0.39, 0.29) is 25.2 Å². The van der Waals surface area contributed by atoms with Crippen LogP contribution in [0.1, 0.15) is 22.8 Å². The largest absolute Gasteiger partial charge is 0.365 e. The average Bonchev–Trinajstić information content (AvgIpc) is 2.76. The van der Waals surface area contributed by atoms with Gasteiger partial charge in [0.15, 0.2) is 0 Å². The number of nitrogens with one attached hydrogen (secondary N) is 1. The van der Waals surface area contributed by atoms with Crippen molar-refractivity contribution in [1.29, 1.82) is 0 Å². The molecule has 0 saturated carbocycles. The zero-order chi connectivity index (χ0) is 16.5. The summed E-state index contributed by atoms with van der Waals surface area (Å²) < 4.78 is 25.3. The van der Waals surface area contributed by atoms with Gasteiger partial charge >= 0.3 is 0 Å². The van der Waals surface area contributed by atoms with Gasteiger partial charge in [-0.1, -0.05) is 18.2 Å². The zero-order valence-corrected chi connectivity index (χ0v) is 13.5. The van der Waals surface area contributed by atoms with Crippen molar-refractivity contribution in [3.8, 4) is 0 Å². The molecule has 1 aromatic carbocycles. The summed E-state index contributed by atoms with van der Waals surface area (Å²) >= 11 is 0.824. The van der Waals surface area contributed by atoms with Crippen molar-refractivity contribution in [2.75, 3.05) is 5.32 Å². The van der Waals surface area contributed by atoms with E-state index in [9.17, 15) is 18.0 Å². The molecule has 0 aliphatic heterocycles.